The predicted octanol–water partition coefficient (Wildman–Crippen LogP) is 8.20. The van der Waals surface area contributed by atoms with Gasteiger partial charge in [0.15, 0.2) is 17.8 Å². The number of rotatable bonds is 9. The van der Waals surface area contributed by atoms with Crippen LogP contribution in [0.4, 0.5) is 0 Å². The maximum atomic E-state index is 13.6. The molecule has 0 saturated heterocycles. The number of nitrogens with zero attached hydrogens (tertiary/aromatic N) is 1. The number of hydrogen-bond donors (Lipinski definition) is 0. The van der Waals surface area contributed by atoms with Crippen LogP contribution in [0, 0.1) is 13.8 Å². The van der Waals surface area contributed by atoms with E-state index in [4.69, 9.17) is 14.2 Å². The van der Waals surface area contributed by atoms with Crippen LogP contribution in [-0.4, -0.2) is 38.0 Å². The molecule has 6 aromatic rings. The van der Waals surface area contributed by atoms with Crippen LogP contribution in [0.25, 0.3) is 43.8 Å². The van der Waals surface area contributed by atoms with E-state index in [2.05, 4.69) is 62.4 Å². The number of aldehydes is 1. The second-order valence-electron chi connectivity index (χ2n) is 10.9. The van der Waals surface area contributed by atoms with E-state index < -0.39 is 5.78 Å². The molecule has 0 spiro atoms. The summed E-state index contributed by atoms with van der Waals surface area (Å²) in [5, 5.41) is 4.47. The van der Waals surface area contributed by atoms with E-state index in [0.29, 0.717) is 29.2 Å². The molecular formula is C38H33NO5. The van der Waals surface area contributed by atoms with Crippen molar-refractivity contribution >= 4 is 33.6 Å². The summed E-state index contributed by atoms with van der Waals surface area (Å²) in [6, 6.07) is 28.7. The van der Waals surface area contributed by atoms with Gasteiger partial charge in [-0.3, -0.25) is 9.59 Å². The lowest BCUT2D eigenvalue weighted by atomic mass is 9.90. The normalized spacial score (nSPS) is 11.1. The van der Waals surface area contributed by atoms with Gasteiger partial charge in [-0.25, -0.2) is 0 Å². The number of carbonyl (C=O) groups is 2. The summed E-state index contributed by atoms with van der Waals surface area (Å²) in [6.45, 7) is 4.45. The van der Waals surface area contributed by atoms with Gasteiger partial charge in [-0.15, -0.1) is 0 Å². The Morgan fingerprint density at radius 1 is 0.727 bits per heavy atom. The summed E-state index contributed by atoms with van der Waals surface area (Å²) in [4.78, 5) is 25.8. The minimum atomic E-state index is -0.595. The van der Waals surface area contributed by atoms with Crippen LogP contribution in [0.15, 0.2) is 91.1 Å². The molecule has 0 atom stereocenters. The third-order valence-corrected chi connectivity index (χ3v) is 8.23. The van der Waals surface area contributed by atoms with E-state index in [-0.39, 0.29) is 6.54 Å². The number of methoxy groups -OCH3 is 3. The zero-order valence-electron chi connectivity index (χ0n) is 25.4. The first-order chi connectivity index (χ1) is 21.4. The average molecular weight is 584 g/mol. The van der Waals surface area contributed by atoms with Crippen molar-refractivity contribution in [3.05, 3.63) is 114 Å². The Hall–Kier alpha value is -5.36. The first kappa shape index (κ1) is 28.7. The van der Waals surface area contributed by atoms with E-state index in [9.17, 15) is 9.59 Å². The Morgan fingerprint density at radius 3 is 1.82 bits per heavy atom. The van der Waals surface area contributed by atoms with Crippen LogP contribution < -0.4 is 14.2 Å². The Balaban J connectivity index is 1.65. The first-order valence-electron chi connectivity index (χ1n) is 14.4. The second kappa shape index (κ2) is 11.7. The van der Waals surface area contributed by atoms with E-state index in [0.717, 1.165) is 55.1 Å². The van der Waals surface area contributed by atoms with Crippen molar-refractivity contribution in [1.82, 2.24) is 4.57 Å². The quantitative estimate of drug-likeness (QED) is 0.0975. The zero-order chi connectivity index (χ0) is 31.0. The lowest BCUT2D eigenvalue weighted by Crippen LogP contribution is -2.12. The van der Waals surface area contributed by atoms with Crippen molar-refractivity contribution in [1.29, 1.82) is 0 Å². The molecule has 0 N–H and O–H groups in total. The molecule has 1 heterocycles. The fourth-order valence-corrected chi connectivity index (χ4v) is 6.24. The fraction of sp³-hybridized carbons (Fsp3) is 0.158. The van der Waals surface area contributed by atoms with Crippen molar-refractivity contribution in [3.8, 4) is 39.5 Å². The van der Waals surface area contributed by atoms with Crippen LogP contribution >= 0.6 is 0 Å². The maximum Gasteiger partial charge on any atom is 0.242 e. The van der Waals surface area contributed by atoms with Crippen LogP contribution in [0.3, 0.4) is 0 Å². The van der Waals surface area contributed by atoms with Gasteiger partial charge in [0.25, 0.3) is 0 Å². The summed E-state index contributed by atoms with van der Waals surface area (Å²) in [5.41, 5.74) is 6.77. The number of aryl methyl sites for hydroxylation is 2. The topological polar surface area (TPSA) is 66.8 Å². The summed E-state index contributed by atoms with van der Waals surface area (Å²) in [6.07, 6.45) is 2.37. The summed E-state index contributed by atoms with van der Waals surface area (Å²) in [5.74, 6) is 0.901. The zero-order valence-corrected chi connectivity index (χ0v) is 25.4. The Morgan fingerprint density at radius 2 is 1.27 bits per heavy atom. The molecule has 0 unspecified atom stereocenters. The Labute approximate surface area is 256 Å². The number of Topliss-reactive ketones (excluding diaryl/α,β-unsaturated/α-hetero) is 1. The van der Waals surface area contributed by atoms with E-state index >= 15 is 0 Å². The monoisotopic (exact) mass is 583 g/mol. The number of benzene rings is 5. The predicted molar refractivity (Wildman–Crippen MR) is 175 cm³/mol. The van der Waals surface area contributed by atoms with Gasteiger partial charge in [-0.05, 0) is 87.5 Å². The minimum absolute atomic E-state index is 0.289. The smallest absolute Gasteiger partial charge is 0.242 e. The molecule has 0 aliphatic heterocycles. The molecule has 0 radical (unpaired) electrons. The number of aromatic nitrogens is 1. The number of fused-ring (bicyclic) bond motifs is 2. The minimum Gasteiger partial charge on any atom is -0.493 e. The van der Waals surface area contributed by atoms with Gasteiger partial charge in [-0.1, -0.05) is 60.7 Å². The molecule has 0 aliphatic rings. The van der Waals surface area contributed by atoms with Crippen LogP contribution in [0.5, 0.6) is 17.2 Å². The number of carbonyl (C=O) groups excluding carboxylic acids is 2. The molecule has 0 bridgehead atoms. The second-order valence-corrected chi connectivity index (χ2v) is 10.9. The Bertz CT molecular complexity index is 2050. The highest BCUT2D eigenvalue weighted by Crippen LogP contribution is 2.42. The largest absolute Gasteiger partial charge is 0.493 e. The molecule has 0 fully saturated rings. The molecule has 0 saturated carbocycles. The number of ketones is 1. The summed E-state index contributed by atoms with van der Waals surface area (Å²) < 4.78 is 18.6. The van der Waals surface area contributed by atoms with Crippen LogP contribution in [0.2, 0.25) is 0 Å². The molecule has 6 nitrogen and oxygen atoms in total. The van der Waals surface area contributed by atoms with Crippen molar-refractivity contribution in [2.45, 2.75) is 20.4 Å². The summed E-state index contributed by atoms with van der Waals surface area (Å²) >= 11 is 0. The molecule has 6 rings (SSSR count). The standard InChI is InChI=1S/C38H33NO5/c1-23-14-28(18-26-10-6-8-12-30(23)26)32-21-39(20-25-16-34(42-3)38(44-5)35(17-25)43-4)37(33(41)22-40)36(32)29-15-24(2)31-13-9-7-11-27(31)19-29/h6-19,21-22H,20H2,1-5H3. The average Bonchev–Trinajstić information content (AvgIpc) is 3.42. The highest BCUT2D eigenvalue weighted by molar-refractivity contribution is 6.35. The third kappa shape index (κ3) is 4.98. The molecule has 1 aromatic heterocycles. The lowest BCUT2D eigenvalue weighted by molar-refractivity contribution is -0.104. The summed E-state index contributed by atoms with van der Waals surface area (Å²) in [7, 11) is 4.69. The molecular weight excluding hydrogens is 550 g/mol. The lowest BCUT2D eigenvalue weighted by Gasteiger charge is -2.15. The molecule has 44 heavy (non-hydrogen) atoms. The van der Waals surface area contributed by atoms with Gasteiger partial charge in [0.1, 0.15) is 5.69 Å². The molecule has 0 aliphatic carbocycles. The van der Waals surface area contributed by atoms with Gasteiger partial charge in [0.05, 0.1) is 21.3 Å². The van der Waals surface area contributed by atoms with E-state index in [1.807, 2.05) is 47.2 Å². The van der Waals surface area contributed by atoms with Crippen molar-refractivity contribution < 1.29 is 23.8 Å². The third-order valence-electron chi connectivity index (χ3n) is 8.23. The van der Waals surface area contributed by atoms with Gasteiger partial charge < -0.3 is 18.8 Å². The van der Waals surface area contributed by atoms with Gasteiger partial charge in [0, 0.05) is 23.9 Å². The molecule has 220 valence electrons. The van der Waals surface area contributed by atoms with Gasteiger partial charge in [-0.2, -0.15) is 0 Å². The van der Waals surface area contributed by atoms with Crippen LogP contribution in [-0.2, 0) is 11.3 Å². The molecule has 5 aromatic carbocycles. The van der Waals surface area contributed by atoms with Crippen LogP contribution in [0.1, 0.15) is 27.2 Å². The highest BCUT2D eigenvalue weighted by atomic mass is 16.5. The molecule has 0 amide bonds. The van der Waals surface area contributed by atoms with Gasteiger partial charge in [0.2, 0.25) is 11.5 Å². The number of ether oxygens (including phenoxy) is 3. The van der Waals surface area contributed by atoms with Gasteiger partial charge >= 0.3 is 0 Å². The van der Waals surface area contributed by atoms with Crippen molar-refractivity contribution in [2.75, 3.05) is 21.3 Å². The van der Waals surface area contributed by atoms with E-state index in [1.54, 1.807) is 21.3 Å². The number of hydrogen-bond acceptors (Lipinski definition) is 5. The fourth-order valence-electron chi connectivity index (χ4n) is 6.24. The van der Waals surface area contributed by atoms with Crippen molar-refractivity contribution in [3.63, 3.8) is 0 Å². The van der Waals surface area contributed by atoms with Crippen molar-refractivity contribution in [2.24, 2.45) is 0 Å². The Kier molecular flexibility index (Phi) is 7.66. The first-order valence-corrected chi connectivity index (χ1v) is 14.4. The molecule has 6 heteroatoms. The highest BCUT2D eigenvalue weighted by Gasteiger charge is 2.25. The maximum absolute atomic E-state index is 13.6. The van der Waals surface area contributed by atoms with E-state index in [1.165, 1.54) is 5.39 Å². The SMILES string of the molecule is COc1cc(Cn2cc(-c3cc(C)c4ccccc4c3)c(-c3cc(C)c4ccccc4c3)c2C(=O)C=O)cc(OC)c1OC.